The molecule has 0 aliphatic carbocycles. The van der Waals surface area contributed by atoms with E-state index in [1.807, 2.05) is 31.2 Å². The number of ether oxygens (including phenoxy) is 1. The highest BCUT2D eigenvalue weighted by molar-refractivity contribution is 6.31. The molecule has 0 saturated carbocycles. The van der Waals surface area contributed by atoms with Crippen LogP contribution < -0.4 is 0 Å². The van der Waals surface area contributed by atoms with Crippen LogP contribution in [0.2, 0.25) is 5.02 Å². The summed E-state index contributed by atoms with van der Waals surface area (Å²) in [4.78, 5) is 4.80. The van der Waals surface area contributed by atoms with Crippen molar-refractivity contribution in [2.75, 3.05) is 13.7 Å². The molecule has 2 aromatic rings. The molecule has 0 aromatic heterocycles. The number of hydrogen-bond acceptors (Lipinski definition) is 7. The summed E-state index contributed by atoms with van der Waals surface area (Å²) < 4.78 is 5.65. The van der Waals surface area contributed by atoms with Crippen LogP contribution in [0.5, 0.6) is 0 Å². The summed E-state index contributed by atoms with van der Waals surface area (Å²) in [7, 11) is 1.50. The van der Waals surface area contributed by atoms with Crippen LogP contribution in [-0.4, -0.2) is 64.3 Å². The molecule has 8 heteroatoms. The van der Waals surface area contributed by atoms with E-state index in [1.165, 1.54) is 7.11 Å². The Labute approximate surface area is 180 Å². The molecular formula is C22H26ClNO6. The van der Waals surface area contributed by atoms with E-state index in [0.29, 0.717) is 17.0 Å². The minimum atomic E-state index is -1.43. The average Bonchev–Trinajstić information content (AvgIpc) is 2.75. The van der Waals surface area contributed by atoms with Crippen molar-refractivity contribution in [3.8, 4) is 0 Å². The van der Waals surface area contributed by atoms with Crippen molar-refractivity contribution >= 4 is 17.3 Å². The molecule has 7 nitrogen and oxygen atoms in total. The van der Waals surface area contributed by atoms with Gasteiger partial charge in [0.05, 0.1) is 12.3 Å². The van der Waals surface area contributed by atoms with Crippen LogP contribution in [0.15, 0.2) is 47.6 Å². The predicted octanol–water partition coefficient (Wildman–Crippen LogP) is 1.82. The summed E-state index contributed by atoms with van der Waals surface area (Å²) in [6.07, 6.45) is -5.46. The number of hydrogen-bond donors (Lipinski definition) is 4. The van der Waals surface area contributed by atoms with Crippen molar-refractivity contribution in [2.45, 2.75) is 43.9 Å². The lowest BCUT2D eigenvalue weighted by Crippen LogP contribution is -2.55. The quantitative estimate of drug-likeness (QED) is 0.407. The van der Waals surface area contributed by atoms with Gasteiger partial charge in [0.15, 0.2) is 0 Å². The lowest BCUT2D eigenvalue weighted by atomic mass is 9.90. The van der Waals surface area contributed by atoms with Crippen LogP contribution >= 0.6 is 11.6 Å². The van der Waals surface area contributed by atoms with E-state index >= 15 is 0 Å². The molecule has 1 aliphatic rings. The molecule has 0 unspecified atom stereocenters. The Bertz CT molecular complexity index is 886. The molecule has 3 rings (SSSR count). The van der Waals surface area contributed by atoms with Crippen LogP contribution in [0.25, 0.3) is 0 Å². The third kappa shape index (κ3) is 4.83. The van der Waals surface area contributed by atoms with E-state index < -0.39 is 37.1 Å². The highest BCUT2D eigenvalue weighted by Gasteiger charge is 2.44. The number of aliphatic hydroxyl groups excluding tert-OH is 4. The van der Waals surface area contributed by atoms with Crippen LogP contribution in [0.3, 0.4) is 0 Å². The number of nitrogens with zero attached hydrogens (tertiary/aromatic N) is 1. The van der Waals surface area contributed by atoms with E-state index in [2.05, 4.69) is 5.16 Å². The first-order valence-corrected chi connectivity index (χ1v) is 9.99. The van der Waals surface area contributed by atoms with Crippen LogP contribution in [0.1, 0.15) is 35.3 Å². The van der Waals surface area contributed by atoms with E-state index in [4.69, 9.17) is 21.2 Å². The highest BCUT2D eigenvalue weighted by Crippen LogP contribution is 2.34. The summed E-state index contributed by atoms with van der Waals surface area (Å²) >= 11 is 6.38. The van der Waals surface area contributed by atoms with Gasteiger partial charge >= 0.3 is 0 Å². The second-order valence-corrected chi connectivity index (χ2v) is 7.74. The van der Waals surface area contributed by atoms with Crippen molar-refractivity contribution in [1.29, 1.82) is 0 Å². The molecule has 1 aliphatic heterocycles. The Hall–Kier alpha value is -2.00. The number of aliphatic hydroxyl groups is 4. The standard InChI is InChI=1S/C22H26ClNO6/c1-12(24-29-2)14-5-3-13(4-6-14)9-16-10-15(7-8-17(16)23)22-21(28)20(27)19(26)18(11-25)30-22/h3-8,10,18-22,25-28H,9,11H2,1-2H3/t18-,19-,20+,21-,22+/m1/s1. The van der Waals surface area contributed by atoms with Gasteiger partial charge in [-0.25, -0.2) is 0 Å². The summed E-state index contributed by atoms with van der Waals surface area (Å²) in [6.45, 7) is 1.39. The van der Waals surface area contributed by atoms with Gasteiger partial charge in [-0.3, -0.25) is 0 Å². The van der Waals surface area contributed by atoms with Crippen molar-refractivity contribution < 1.29 is 30.0 Å². The first-order valence-electron chi connectivity index (χ1n) is 9.61. The van der Waals surface area contributed by atoms with Gasteiger partial charge in [-0.15, -0.1) is 0 Å². The number of rotatable bonds is 6. The van der Waals surface area contributed by atoms with Crippen molar-refractivity contribution in [3.63, 3.8) is 0 Å². The van der Waals surface area contributed by atoms with E-state index in [-0.39, 0.29) is 0 Å². The van der Waals surface area contributed by atoms with Gasteiger partial charge in [0, 0.05) is 5.02 Å². The molecule has 4 N–H and O–H groups in total. The van der Waals surface area contributed by atoms with Gasteiger partial charge in [-0.05, 0) is 41.7 Å². The van der Waals surface area contributed by atoms with Gasteiger partial charge < -0.3 is 30.0 Å². The molecule has 0 bridgehead atoms. The maximum absolute atomic E-state index is 10.4. The smallest absolute Gasteiger partial charge is 0.113 e. The predicted molar refractivity (Wildman–Crippen MR) is 113 cm³/mol. The maximum atomic E-state index is 10.4. The fraction of sp³-hybridized carbons (Fsp3) is 0.409. The van der Waals surface area contributed by atoms with Crippen molar-refractivity contribution in [2.24, 2.45) is 5.16 Å². The van der Waals surface area contributed by atoms with E-state index in [1.54, 1.807) is 18.2 Å². The maximum Gasteiger partial charge on any atom is 0.113 e. The van der Waals surface area contributed by atoms with Crippen molar-refractivity contribution in [1.82, 2.24) is 0 Å². The molecule has 2 aromatic carbocycles. The Kier molecular flexibility index (Phi) is 7.46. The number of oxime groups is 1. The fourth-order valence-corrected chi connectivity index (χ4v) is 3.74. The number of halogens is 1. The molecule has 0 amide bonds. The summed E-state index contributed by atoms with van der Waals surface area (Å²) in [5.74, 6) is 0. The first kappa shape index (κ1) is 22.7. The number of benzene rings is 2. The molecule has 162 valence electrons. The highest BCUT2D eigenvalue weighted by atomic mass is 35.5. The van der Waals surface area contributed by atoms with Gasteiger partial charge in [-0.2, -0.15) is 0 Å². The Balaban J connectivity index is 1.82. The third-order valence-corrected chi connectivity index (χ3v) is 5.65. The third-order valence-electron chi connectivity index (χ3n) is 5.29. The molecule has 0 radical (unpaired) electrons. The zero-order valence-corrected chi connectivity index (χ0v) is 17.5. The minimum absolute atomic E-state index is 0.472. The molecule has 1 fully saturated rings. The second-order valence-electron chi connectivity index (χ2n) is 7.33. The first-order chi connectivity index (χ1) is 14.3. The molecule has 1 saturated heterocycles. The Morgan fingerprint density at radius 2 is 1.77 bits per heavy atom. The molecule has 30 heavy (non-hydrogen) atoms. The minimum Gasteiger partial charge on any atom is -0.399 e. The van der Waals surface area contributed by atoms with Crippen LogP contribution in [0.4, 0.5) is 0 Å². The Morgan fingerprint density at radius 3 is 2.40 bits per heavy atom. The van der Waals surface area contributed by atoms with Crippen molar-refractivity contribution in [3.05, 3.63) is 69.7 Å². The zero-order valence-electron chi connectivity index (χ0n) is 16.8. The average molecular weight is 436 g/mol. The normalized spacial score (nSPS) is 27.2. The monoisotopic (exact) mass is 435 g/mol. The van der Waals surface area contributed by atoms with Crippen LogP contribution in [-0.2, 0) is 16.0 Å². The molecule has 0 spiro atoms. The zero-order chi connectivity index (χ0) is 21.8. The van der Waals surface area contributed by atoms with E-state index in [9.17, 15) is 20.4 Å². The lowest BCUT2D eigenvalue weighted by Gasteiger charge is -2.40. The SMILES string of the molecule is CON=C(C)c1ccc(Cc2cc([C@@H]3O[C@H](CO)[C@@H](O)[C@H](O)[C@H]3O)ccc2Cl)cc1. The summed E-state index contributed by atoms with van der Waals surface area (Å²) in [5.41, 5.74) is 4.16. The Morgan fingerprint density at radius 1 is 1.07 bits per heavy atom. The topological polar surface area (TPSA) is 112 Å². The lowest BCUT2D eigenvalue weighted by molar-refractivity contribution is -0.231. The second kappa shape index (κ2) is 9.87. The van der Waals surface area contributed by atoms with Gasteiger partial charge in [0.1, 0.15) is 37.6 Å². The summed E-state index contributed by atoms with van der Waals surface area (Å²) in [6, 6.07) is 13.1. The molecule has 5 atom stereocenters. The summed E-state index contributed by atoms with van der Waals surface area (Å²) in [5, 5.41) is 44.3. The largest absolute Gasteiger partial charge is 0.399 e. The van der Waals surface area contributed by atoms with Gasteiger partial charge in [0.25, 0.3) is 0 Å². The molecule has 1 heterocycles. The van der Waals surface area contributed by atoms with Gasteiger partial charge in [0.2, 0.25) is 0 Å². The fourth-order valence-electron chi connectivity index (χ4n) is 3.56. The van der Waals surface area contributed by atoms with E-state index in [0.717, 1.165) is 22.4 Å². The van der Waals surface area contributed by atoms with Gasteiger partial charge in [-0.1, -0.05) is 53.2 Å². The van der Waals surface area contributed by atoms with Crippen LogP contribution in [0, 0.1) is 0 Å². The molecular weight excluding hydrogens is 410 g/mol.